The molecule has 4 aromatic rings. The van der Waals surface area contributed by atoms with Gasteiger partial charge in [0.2, 0.25) is 12.7 Å². The van der Waals surface area contributed by atoms with E-state index in [1.54, 1.807) is 17.3 Å². The van der Waals surface area contributed by atoms with Gasteiger partial charge in [-0.2, -0.15) is 10.1 Å². The van der Waals surface area contributed by atoms with E-state index in [-0.39, 0.29) is 24.8 Å². The summed E-state index contributed by atoms with van der Waals surface area (Å²) in [6, 6.07) is 11.4. The van der Waals surface area contributed by atoms with E-state index in [1.165, 1.54) is 6.42 Å². The van der Waals surface area contributed by atoms with Gasteiger partial charge in [-0.25, -0.2) is 4.98 Å². The average molecular weight is 498 g/mol. The summed E-state index contributed by atoms with van der Waals surface area (Å²) in [6.07, 6.45) is 9.17. The van der Waals surface area contributed by atoms with Crippen LogP contribution in [0.3, 0.4) is 0 Å². The van der Waals surface area contributed by atoms with Crippen molar-refractivity contribution in [2.24, 2.45) is 0 Å². The van der Waals surface area contributed by atoms with Gasteiger partial charge in [0.1, 0.15) is 11.7 Å². The number of ether oxygens (including phenoxy) is 2. The van der Waals surface area contributed by atoms with Gasteiger partial charge in [0.25, 0.3) is 5.91 Å². The molecule has 1 saturated carbocycles. The highest BCUT2D eigenvalue weighted by Crippen LogP contribution is 2.45. The number of aromatic amines is 1. The molecule has 0 unspecified atom stereocenters. The van der Waals surface area contributed by atoms with E-state index in [9.17, 15) is 4.79 Å². The van der Waals surface area contributed by atoms with Crippen molar-refractivity contribution in [3.05, 3.63) is 48.8 Å². The molecule has 2 aliphatic heterocycles. The molecule has 1 fully saturated rings. The van der Waals surface area contributed by atoms with E-state index in [0.717, 1.165) is 48.1 Å². The lowest BCUT2D eigenvalue weighted by Crippen LogP contribution is -2.55. The molecule has 10 nitrogen and oxygen atoms in total. The van der Waals surface area contributed by atoms with Crippen LogP contribution in [0.25, 0.3) is 10.9 Å². The van der Waals surface area contributed by atoms with Crippen molar-refractivity contribution in [3.63, 3.8) is 0 Å². The maximum absolute atomic E-state index is 13.8. The first kappa shape index (κ1) is 21.9. The van der Waals surface area contributed by atoms with Crippen LogP contribution in [-0.2, 0) is 4.79 Å². The third-order valence-electron chi connectivity index (χ3n) is 7.51. The summed E-state index contributed by atoms with van der Waals surface area (Å²) in [5, 5.41) is 11.4. The number of carbonyl (C=O) groups is 1. The lowest BCUT2D eigenvalue weighted by atomic mass is 9.92. The molecule has 2 aromatic heterocycles. The molecule has 2 aromatic carbocycles. The summed E-state index contributed by atoms with van der Waals surface area (Å²) in [5.74, 6) is 2.54. The highest BCUT2D eigenvalue weighted by atomic mass is 16.7. The lowest BCUT2D eigenvalue weighted by Gasteiger charge is -2.45. The Morgan fingerprint density at radius 1 is 1.03 bits per heavy atom. The Hall–Kier alpha value is -4.34. The van der Waals surface area contributed by atoms with Crippen molar-refractivity contribution in [2.75, 3.05) is 21.9 Å². The SMILES string of the molecule is C[C@@H]1C(=O)N(c2ccc3c(c2)OCO3)c2cnc(Nc3ccc4[nH]ncc4c3)nc2N1C1CCCCC1. The summed E-state index contributed by atoms with van der Waals surface area (Å²) >= 11 is 0. The van der Waals surface area contributed by atoms with Gasteiger partial charge in [0, 0.05) is 23.2 Å². The number of aromatic nitrogens is 4. The fourth-order valence-electron chi connectivity index (χ4n) is 5.67. The monoisotopic (exact) mass is 497 g/mol. The zero-order valence-corrected chi connectivity index (χ0v) is 20.5. The number of anilines is 5. The number of nitrogens with one attached hydrogen (secondary N) is 2. The maximum Gasteiger partial charge on any atom is 0.254 e. The van der Waals surface area contributed by atoms with Gasteiger partial charge < -0.3 is 19.7 Å². The Labute approximate surface area is 213 Å². The van der Waals surface area contributed by atoms with Crippen molar-refractivity contribution in [2.45, 2.75) is 51.1 Å². The van der Waals surface area contributed by atoms with Crippen LogP contribution in [0.2, 0.25) is 0 Å². The van der Waals surface area contributed by atoms with Gasteiger partial charge in [0.05, 0.1) is 23.6 Å². The fourth-order valence-corrected chi connectivity index (χ4v) is 5.67. The molecular formula is C27H27N7O3. The molecule has 7 rings (SSSR count). The average Bonchev–Trinajstić information content (AvgIpc) is 3.59. The number of carbonyl (C=O) groups excluding carboxylic acids is 1. The van der Waals surface area contributed by atoms with E-state index < -0.39 is 0 Å². The van der Waals surface area contributed by atoms with Gasteiger partial charge in [-0.1, -0.05) is 19.3 Å². The zero-order valence-electron chi connectivity index (χ0n) is 20.5. The minimum atomic E-state index is -0.369. The van der Waals surface area contributed by atoms with Crippen LogP contribution in [-0.4, -0.2) is 44.9 Å². The number of benzene rings is 2. The van der Waals surface area contributed by atoms with E-state index in [2.05, 4.69) is 25.4 Å². The van der Waals surface area contributed by atoms with Crippen LogP contribution in [0.15, 0.2) is 48.8 Å². The molecule has 1 aliphatic carbocycles. The first-order valence-corrected chi connectivity index (χ1v) is 12.7. The molecule has 3 aliphatic rings. The molecule has 4 heterocycles. The Morgan fingerprint density at radius 2 is 1.89 bits per heavy atom. The second kappa shape index (κ2) is 8.65. The molecule has 37 heavy (non-hydrogen) atoms. The second-order valence-corrected chi connectivity index (χ2v) is 9.79. The molecule has 188 valence electrons. The number of hydrogen-bond donors (Lipinski definition) is 2. The normalized spacial score (nSPS) is 19.4. The predicted octanol–water partition coefficient (Wildman–Crippen LogP) is 5.03. The predicted molar refractivity (Wildman–Crippen MR) is 140 cm³/mol. The Bertz CT molecular complexity index is 1500. The van der Waals surface area contributed by atoms with Crippen LogP contribution in [0.5, 0.6) is 11.5 Å². The van der Waals surface area contributed by atoms with E-state index in [4.69, 9.17) is 14.5 Å². The molecule has 0 spiro atoms. The molecular weight excluding hydrogens is 470 g/mol. The Balaban J connectivity index is 1.31. The number of amides is 1. The highest BCUT2D eigenvalue weighted by Gasteiger charge is 2.41. The van der Waals surface area contributed by atoms with Gasteiger partial charge in [0.15, 0.2) is 17.3 Å². The number of rotatable bonds is 4. The number of nitrogens with zero attached hydrogens (tertiary/aromatic N) is 5. The first-order valence-electron chi connectivity index (χ1n) is 12.7. The van der Waals surface area contributed by atoms with Crippen molar-refractivity contribution >= 4 is 45.6 Å². The summed E-state index contributed by atoms with van der Waals surface area (Å²) in [4.78, 5) is 27.4. The Kier molecular flexibility index (Phi) is 5.12. The molecule has 10 heteroatoms. The lowest BCUT2D eigenvalue weighted by molar-refractivity contribution is -0.119. The summed E-state index contributed by atoms with van der Waals surface area (Å²) in [7, 11) is 0. The minimum absolute atomic E-state index is 0.00772. The van der Waals surface area contributed by atoms with E-state index >= 15 is 0 Å². The third kappa shape index (κ3) is 3.71. The first-order chi connectivity index (χ1) is 18.2. The maximum atomic E-state index is 13.8. The second-order valence-electron chi connectivity index (χ2n) is 9.79. The van der Waals surface area contributed by atoms with Gasteiger partial charge in [-0.05, 0) is 50.1 Å². The van der Waals surface area contributed by atoms with Crippen molar-refractivity contribution in [1.29, 1.82) is 0 Å². The molecule has 0 radical (unpaired) electrons. The smallest absolute Gasteiger partial charge is 0.254 e. The third-order valence-corrected chi connectivity index (χ3v) is 7.51. The van der Waals surface area contributed by atoms with Crippen LogP contribution < -0.4 is 24.6 Å². The quantitative estimate of drug-likeness (QED) is 0.404. The van der Waals surface area contributed by atoms with Crippen molar-refractivity contribution < 1.29 is 14.3 Å². The van der Waals surface area contributed by atoms with E-state index in [1.807, 2.05) is 43.3 Å². The summed E-state index contributed by atoms with van der Waals surface area (Å²) in [5.41, 5.74) is 3.21. The van der Waals surface area contributed by atoms with Gasteiger partial charge in [-0.15, -0.1) is 0 Å². The standard InChI is InChI=1S/C27H27N7O3/c1-16-26(35)34(20-8-10-23-24(12-20)37-15-36-23)22-14-28-27(30-18-7-9-21-17(11-18)13-29-32-21)31-25(22)33(16)19-5-3-2-4-6-19/h7-14,16,19H,2-6,15H2,1H3,(H,29,32)(H,28,30,31)/t16-/m1/s1. The number of fused-ring (bicyclic) bond motifs is 3. The van der Waals surface area contributed by atoms with Gasteiger partial charge >= 0.3 is 0 Å². The number of hydrogen-bond acceptors (Lipinski definition) is 8. The van der Waals surface area contributed by atoms with Crippen LogP contribution in [0.1, 0.15) is 39.0 Å². The van der Waals surface area contributed by atoms with E-state index in [0.29, 0.717) is 28.8 Å². The van der Waals surface area contributed by atoms with Crippen LogP contribution >= 0.6 is 0 Å². The zero-order chi connectivity index (χ0) is 24.9. The van der Waals surface area contributed by atoms with Crippen LogP contribution in [0.4, 0.5) is 28.8 Å². The Morgan fingerprint density at radius 3 is 2.78 bits per heavy atom. The van der Waals surface area contributed by atoms with Crippen molar-refractivity contribution in [1.82, 2.24) is 20.2 Å². The number of H-pyrrole nitrogens is 1. The molecule has 0 saturated heterocycles. The van der Waals surface area contributed by atoms with Gasteiger partial charge in [-0.3, -0.25) is 14.8 Å². The fraction of sp³-hybridized carbons (Fsp3) is 0.333. The summed E-state index contributed by atoms with van der Waals surface area (Å²) in [6.45, 7) is 2.15. The molecule has 2 N–H and O–H groups in total. The molecule has 1 amide bonds. The summed E-state index contributed by atoms with van der Waals surface area (Å²) < 4.78 is 11.1. The highest BCUT2D eigenvalue weighted by molar-refractivity contribution is 6.10. The van der Waals surface area contributed by atoms with Crippen molar-refractivity contribution in [3.8, 4) is 11.5 Å². The largest absolute Gasteiger partial charge is 0.454 e. The minimum Gasteiger partial charge on any atom is -0.454 e. The molecule has 1 atom stereocenters. The molecule has 0 bridgehead atoms. The topological polar surface area (TPSA) is 108 Å². The van der Waals surface area contributed by atoms with Crippen LogP contribution in [0, 0.1) is 0 Å².